The first-order valence-electron chi connectivity index (χ1n) is 13.2. The zero-order valence-corrected chi connectivity index (χ0v) is 21.5. The molecule has 1 aliphatic heterocycles. The summed E-state index contributed by atoms with van der Waals surface area (Å²) in [7, 11) is 0. The standard InChI is InChI=1S/C30H33N5O2/c1-3-4-5-6-7-10-20-30(2)31-25-15-11-14-23-24(17-18-26(32-30)28(23)25)33-34-29-22-13-9-8-12-21(22)16-19-27(29)35(36)37/h8-9,11-19,31-32H,3-7,10,20H2,1-2H3. The van der Waals surface area contributed by atoms with Gasteiger partial charge in [-0.15, -0.1) is 10.2 Å². The van der Waals surface area contributed by atoms with Crippen molar-refractivity contribution in [3.63, 3.8) is 0 Å². The smallest absolute Gasteiger partial charge is 0.297 e. The third kappa shape index (κ3) is 5.12. The Morgan fingerprint density at radius 1 is 0.811 bits per heavy atom. The molecule has 0 aliphatic carbocycles. The van der Waals surface area contributed by atoms with Gasteiger partial charge in [-0.2, -0.15) is 0 Å². The number of azo groups is 1. The van der Waals surface area contributed by atoms with Gasteiger partial charge in [0.15, 0.2) is 5.69 Å². The van der Waals surface area contributed by atoms with E-state index in [9.17, 15) is 10.1 Å². The van der Waals surface area contributed by atoms with Gasteiger partial charge in [-0.3, -0.25) is 10.1 Å². The van der Waals surface area contributed by atoms with Crippen molar-refractivity contribution in [2.24, 2.45) is 10.2 Å². The van der Waals surface area contributed by atoms with E-state index in [4.69, 9.17) is 0 Å². The fourth-order valence-electron chi connectivity index (χ4n) is 5.30. The lowest BCUT2D eigenvalue weighted by molar-refractivity contribution is -0.384. The molecular weight excluding hydrogens is 462 g/mol. The second-order valence-electron chi connectivity index (χ2n) is 10.1. The van der Waals surface area contributed by atoms with E-state index in [2.05, 4.69) is 40.8 Å². The summed E-state index contributed by atoms with van der Waals surface area (Å²) in [5.74, 6) is 0. The molecule has 0 bridgehead atoms. The summed E-state index contributed by atoms with van der Waals surface area (Å²) in [5.41, 5.74) is 2.79. The Kier molecular flexibility index (Phi) is 7.04. The second-order valence-corrected chi connectivity index (χ2v) is 10.1. The van der Waals surface area contributed by atoms with Gasteiger partial charge < -0.3 is 10.6 Å². The normalized spacial score (nSPS) is 16.7. The molecule has 0 amide bonds. The number of nitro benzene ring substituents is 1. The van der Waals surface area contributed by atoms with Gasteiger partial charge in [0.2, 0.25) is 0 Å². The number of rotatable bonds is 10. The molecule has 0 spiro atoms. The lowest BCUT2D eigenvalue weighted by Crippen LogP contribution is -2.45. The number of nitrogens with one attached hydrogen (secondary N) is 2. The number of fused-ring (bicyclic) bond motifs is 1. The van der Waals surface area contributed by atoms with Crippen LogP contribution in [0.4, 0.5) is 28.4 Å². The number of hydrogen-bond acceptors (Lipinski definition) is 6. The van der Waals surface area contributed by atoms with E-state index in [1.807, 2.05) is 48.5 Å². The molecule has 1 heterocycles. The molecule has 1 aliphatic rings. The van der Waals surface area contributed by atoms with Crippen molar-refractivity contribution < 1.29 is 4.92 Å². The van der Waals surface area contributed by atoms with Crippen LogP contribution in [0.1, 0.15) is 58.8 Å². The first-order valence-corrected chi connectivity index (χ1v) is 13.2. The molecule has 0 saturated heterocycles. The summed E-state index contributed by atoms with van der Waals surface area (Å²) in [6, 6.07) is 20.9. The average molecular weight is 496 g/mol. The number of unbranched alkanes of at least 4 members (excludes halogenated alkanes) is 5. The summed E-state index contributed by atoms with van der Waals surface area (Å²) < 4.78 is 0. The van der Waals surface area contributed by atoms with Crippen molar-refractivity contribution in [2.45, 2.75) is 64.5 Å². The van der Waals surface area contributed by atoms with Crippen LogP contribution >= 0.6 is 0 Å². The monoisotopic (exact) mass is 495 g/mol. The van der Waals surface area contributed by atoms with Crippen LogP contribution < -0.4 is 10.6 Å². The van der Waals surface area contributed by atoms with E-state index in [1.54, 1.807) is 6.07 Å². The summed E-state index contributed by atoms with van der Waals surface area (Å²) in [6.45, 7) is 4.46. The highest BCUT2D eigenvalue weighted by molar-refractivity contribution is 6.09. The van der Waals surface area contributed by atoms with Crippen molar-refractivity contribution >= 4 is 50.0 Å². The molecule has 0 aromatic heterocycles. The van der Waals surface area contributed by atoms with Gasteiger partial charge in [0, 0.05) is 33.6 Å². The predicted molar refractivity (Wildman–Crippen MR) is 152 cm³/mol. The minimum Gasteiger partial charge on any atom is -0.363 e. The molecule has 7 heteroatoms. The average Bonchev–Trinajstić information content (AvgIpc) is 2.90. The summed E-state index contributed by atoms with van der Waals surface area (Å²) >= 11 is 0. The zero-order valence-electron chi connectivity index (χ0n) is 21.5. The number of benzene rings is 4. The third-order valence-electron chi connectivity index (χ3n) is 7.20. The highest BCUT2D eigenvalue weighted by atomic mass is 16.6. The SMILES string of the molecule is CCCCCCCCC1(C)Nc2cccc3c(N=Nc4c([N+](=O)[O-])ccc5ccccc45)ccc(c23)N1. The molecule has 5 rings (SSSR count). The van der Waals surface area contributed by atoms with Crippen LogP contribution in [0.3, 0.4) is 0 Å². The largest absolute Gasteiger partial charge is 0.363 e. The van der Waals surface area contributed by atoms with E-state index in [-0.39, 0.29) is 17.0 Å². The van der Waals surface area contributed by atoms with E-state index >= 15 is 0 Å². The minimum absolute atomic E-state index is 0.0565. The van der Waals surface area contributed by atoms with Crippen LogP contribution in [0.5, 0.6) is 0 Å². The van der Waals surface area contributed by atoms with Gasteiger partial charge in [-0.1, -0.05) is 75.4 Å². The Hall–Kier alpha value is -4.00. The number of nitrogens with zero attached hydrogens (tertiary/aromatic N) is 3. The van der Waals surface area contributed by atoms with E-state index < -0.39 is 4.92 Å². The van der Waals surface area contributed by atoms with Gasteiger partial charge in [0.05, 0.1) is 10.6 Å². The first-order chi connectivity index (χ1) is 18.0. The molecule has 4 aromatic carbocycles. The maximum absolute atomic E-state index is 11.7. The van der Waals surface area contributed by atoms with Gasteiger partial charge in [-0.25, -0.2) is 0 Å². The Morgan fingerprint density at radius 2 is 1.54 bits per heavy atom. The number of hydrogen-bond donors (Lipinski definition) is 2. The van der Waals surface area contributed by atoms with Crippen LogP contribution in [-0.2, 0) is 0 Å². The highest BCUT2D eigenvalue weighted by Crippen LogP contribution is 2.44. The lowest BCUT2D eigenvalue weighted by atomic mass is 9.95. The lowest BCUT2D eigenvalue weighted by Gasteiger charge is -2.39. The number of nitro groups is 1. The van der Waals surface area contributed by atoms with Crippen LogP contribution in [0.15, 0.2) is 77.0 Å². The molecule has 0 radical (unpaired) electrons. The molecule has 190 valence electrons. The first kappa shape index (κ1) is 24.7. The summed E-state index contributed by atoms with van der Waals surface area (Å²) in [5, 5.41) is 31.7. The van der Waals surface area contributed by atoms with Crippen LogP contribution in [0.2, 0.25) is 0 Å². The predicted octanol–water partition coefficient (Wildman–Crippen LogP) is 9.62. The third-order valence-corrected chi connectivity index (χ3v) is 7.20. The summed E-state index contributed by atoms with van der Waals surface area (Å²) in [4.78, 5) is 11.3. The van der Waals surface area contributed by atoms with Gasteiger partial charge in [0.25, 0.3) is 5.69 Å². The molecule has 0 saturated carbocycles. The van der Waals surface area contributed by atoms with E-state index in [1.165, 1.54) is 44.6 Å². The zero-order chi connectivity index (χ0) is 25.8. The topological polar surface area (TPSA) is 91.9 Å². The van der Waals surface area contributed by atoms with Crippen LogP contribution in [-0.4, -0.2) is 10.6 Å². The van der Waals surface area contributed by atoms with Gasteiger partial charge in [0.1, 0.15) is 5.66 Å². The molecular formula is C30H33N5O2. The Bertz CT molecular complexity index is 1470. The quantitative estimate of drug-likeness (QED) is 0.0991. The molecule has 4 aromatic rings. The van der Waals surface area contributed by atoms with Gasteiger partial charge >= 0.3 is 0 Å². The Balaban J connectivity index is 1.44. The molecule has 1 unspecified atom stereocenters. The van der Waals surface area contributed by atoms with Crippen molar-refractivity contribution in [3.05, 3.63) is 76.8 Å². The van der Waals surface area contributed by atoms with Crippen molar-refractivity contribution in [2.75, 3.05) is 10.6 Å². The fourth-order valence-corrected chi connectivity index (χ4v) is 5.30. The maximum atomic E-state index is 11.7. The molecule has 7 nitrogen and oxygen atoms in total. The van der Waals surface area contributed by atoms with Crippen molar-refractivity contribution in [1.29, 1.82) is 0 Å². The van der Waals surface area contributed by atoms with Crippen LogP contribution in [0.25, 0.3) is 21.5 Å². The number of anilines is 2. The maximum Gasteiger partial charge on any atom is 0.297 e. The molecule has 0 fully saturated rings. The van der Waals surface area contributed by atoms with Crippen LogP contribution in [0, 0.1) is 10.1 Å². The van der Waals surface area contributed by atoms with E-state index in [0.29, 0.717) is 11.1 Å². The molecule has 2 N–H and O–H groups in total. The van der Waals surface area contributed by atoms with Gasteiger partial charge in [-0.05, 0) is 49.4 Å². The molecule has 37 heavy (non-hydrogen) atoms. The Morgan fingerprint density at radius 3 is 2.35 bits per heavy atom. The van der Waals surface area contributed by atoms with E-state index in [0.717, 1.165) is 34.0 Å². The van der Waals surface area contributed by atoms with Crippen molar-refractivity contribution in [3.8, 4) is 0 Å². The summed E-state index contributed by atoms with van der Waals surface area (Å²) in [6.07, 6.45) is 8.63. The Labute approximate surface area is 217 Å². The second kappa shape index (κ2) is 10.5. The van der Waals surface area contributed by atoms with Crippen molar-refractivity contribution in [1.82, 2.24) is 0 Å². The minimum atomic E-state index is -0.406. The highest BCUT2D eigenvalue weighted by Gasteiger charge is 2.29. The molecule has 1 atom stereocenters. The fraction of sp³-hybridized carbons (Fsp3) is 0.333.